The van der Waals surface area contributed by atoms with Crippen molar-refractivity contribution >= 4 is 39.7 Å². The van der Waals surface area contributed by atoms with E-state index < -0.39 is 21.9 Å². The average molecular weight is 458 g/mol. The van der Waals surface area contributed by atoms with Gasteiger partial charge in [-0.3, -0.25) is 0 Å². The molecule has 0 N–H and O–H groups in total. The second-order valence-electron chi connectivity index (χ2n) is 6.41. The molecule has 0 atom stereocenters. The largest absolute Gasteiger partial charge is 0.402 e. The molecule has 9 heteroatoms. The number of rotatable bonds is 5. The molecule has 3 aromatic carbocycles. The van der Waals surface area contributed by atoms with Gasteiger partial charge in [-0.15, -0.1) is 0 Å². The third kappa shape index (κ3) is 4.82. The third-order valence-electron chi connectivity index (χ3n) is 4.18. The molecule has 0 spiro atoms. The lowest BCUT2D eigenvalue weighted by molar-refractivity contribution is -0.129. The minimum absolute atomic E-state index is 0.0589. The number of esters is 1. The molecule has 4 rings (SSSR count). The molecule has 0 bridgehead atoms. The zero-order valence-corrected chi connectivity index (χ0v) is 17.2. The number of halogens is 2. The molecule has 31 heavy (non-hydrogen) atoms. The Balaban J connectivity index is 1.52. The van der Waals surface area contributed by atoms with Crippen LogP contribution in [-0.2, 0) is 19.6 Å². The molecule has 0 saturated carbocycles. The summed E-state index contributed by atoms with van der Waals surface area (Å²) in [6, 6.07) is 17.0. The Kier molecular flexibility index (Phi) is 5.58. The molecule has 156 valence electrons. The van der Waals surface area contributed by atoms with E-state index >= 15 is 0 Å². The fourth-order valence-corrected chi connectivity index (χ4v) is 3.83. The molecule has 6 nitrogen and oxygen atoms in total. The Bertz CT molecular complexity index is 1320. The monoisotopic (exact) mass is 457 g/mol. The first-order valence-electron chi connectivity index (χ1n) is 8.89. The van der Waals surface area contributed by atoms with Crippen LogP contribution in [0.5, 0.6) is 5.75 Å². The van der Waals surface area contributed by atoms with Crippen molar-refractivity contribution < 1.29 is 26.5 Å². The van der Waals surface area contributed by atoms with Crippen molar-refractivity contribution in [3.8, 4) is 5.75 Å². The summed E-state index contributed by atoms with van der Waals surface area (Å²) in [5.74, 6) is -0.968. The van der Waals surface area contributed by atoms with E-state index in [-0.39, 0.29) is 22.2 Å². The number of nitrogens with zero attached hydrogens (tertiary/aromatic N) is 1. The number of carbonyl (C=O) groups is 1. The highest BCUT2D eigenvalue weighted by Crippen LogP contribution is 2.23. The van der Waals surface area contributed by atoms with Crippen LogP contribution in [0.1, 0.15) is 11.1 Å². The van der Waals surface area contributed by atoms with Gasteiger partial charge in [0.25, 0.3) is 0 Å². The quantitative estimate of drug-likeness (QED) is 0.318. The van der Waals surface area contributed by atoms with Crippen molar-refractivity contribution in [3.63, 3.8) is 0 Å². The fraction of sp³-hybridized carbons (Fsp3) is 0. The van der Waals surface area contributed by atoms with E-state index in [1.54, 1.807) is 36.4 Å². The van der Waals surface area contributed by atoms with Crippen LogP contribution in [0.15, 0.2) is 88.4 Å². The third-order valence-corrected chi connectivity index (χ3v) is 5.68. The first-order chi connectivity index (χ1) is 14.8. The van der Waals surface area contributed by atoms with Crippen molar-refractivity contribution in [3.05, 3.63) is 100 Å². The van der Waals surface area contributed by atoms with Gasteiger partial charge in [-0.05, 0) is 66.2 Å². The molecular formula is C22H13ClFNO5S. The second kappa shape index (κ2) is 8.33. The van der Waals surface area contributed by atoms with E-state index in [1.165, 1.54) is 18.2 Å². The van der Waals surface area contributed by atoms with Gasteiger partial charge in [0.2, 0.25) is 5.90 Å². The lowest BCUT2D eigenvalue weighted by atomic mass is 10.2. The molecule has 0 aliphatic carbocycles. The maximum absolute atomic E-state index is 13.0. The normalized spacial score (nSPS) is 15.0. The minimum Gasteiger partial charge on any atom is -0.402 e. The predicted molar refractivity (Wildman–Crippen MR) is 113 cm³/mol. The summed E-state index contributed by atoms with van der Waals surface area (Å²) >= 11 is 5.95. The molecule has 0 amide bonds. The number of hydrogen-bond donors (Lipinski definition) is 0. The minimum atomic E-state index is -4.10. The van der Waals surface area contributed by atoms with Gasteiger partial charge in [0.15, 0.2) is 5.70 Å². The lowest BCUT2D eigenvalue weighted by Crippen LogP contribution is -2.09. The highest BCUT2D eigenvalue weighted by atomic mass is 35.5. The van der Waals surface area contributed by atoms with Gasteiger partial charge in [-0.25, -0.2) is 14.2 Å². The van der Waals surface area contributed by atoms with Crippen LogP contribution in [-0.4, -0.2) is 20.3 Å². The van der Waals surface area contributed by atoms with Gasteiger partial charge >= 0.3 is 16.1 Å². The van der Waals surface area contributed by atoms with Gasteiger partial charge in [-0.1, -0.05) is 29.8 Å². The molecule has 1 aliphatic heterocycles. The molecule has 3 aromatic rings. The molecule has 0 fully saturated rings. The summed E-state index contributed by atoms with van der Waals surface area (Å²) in [5, 5.41) is 0.486. The standard InChI is InChI=1S/C22H13ClFNO5S/c23-16-3-1-2-15(13-16)21-25-20(22(26)29-21)12-14-4-8-18(9-5-14)30-31(27,28)19-10-6-17(24)7-11-19/h1-13H/b20-12-. The van der Waals surface area contributed by atoms with Crippen LogP contribution in [0.25, 0.3) is 6.08 Å². The van der Waals surface area contributed by atoms with E-state index in [9.17, 15) is 17.6 Å². The SMILES string of the molecule is O=C1OC(c2cccc(Cl)c2)=N/C1=C\c1ccc(OS(=O)(=O)c2ccc(F)cc2)cc1. The zero-order valence-electron chi connectivity index (χ0n) is 15.7. The average Bonchev–Trinajstić information content (AvgIpc) is 3.10. The molecule has 1 aliphatic rings. The lowest BCUT2D eigenvalue weighted by Gasteiger charge is -2.07. The number of hydrogen-bond acceptors (Lipinski definition) is 6. The Morgan fingerprint density at radius 1 is 1.00 bits per heavy atom. The Morgan fingerprint density at radius 2 is 1.71 bits per heavy atom. The van der Waals surface area contributed by atoms with Crippen molar-refractivity contribution in [1.29, 1.82) is 0 Å². The van der Waals surface area contributed by atoms with Crippen LogP contribution in [0, 0.1) is 5.82 Å². The summed E-state index contributed by atoms with van der Waals surface area (Å²) in [5.41, 5.74) is 1.23. The summed E-state index contributed by atoms with van der Waals surface area (Å²) in [7, 11) is -4.10. The van der Waals surface area contributed by atoms with Gasteiger partial charge in [0.1, 0.15) is 16.5 Å². The van der Waals surface area contributed by atoms with Crippen LogP contribution in [0.4, 0.5) is 4.39 Å². The highest BCUT2D eigenvalue weighted by molar-refractivity contribution is 7.87. The van der Waals surface area contributed by atoms with Crippen molar-refractivity contribution in [2.75, 3.05) is 0 Å². The van der Waals surface area contributed by atoms with Crippen LogP contribution >= 0.6 is 11.6 Å². The van der Waals surface area contributed by atoms with Crippen molar-refractivity contribution in [1.82, 2.24) is 0 Å². The van der Waals surface area contributed by atoms with Gasteiger partial charge in [-0.2, -0.15) is 8.42 Å². The van der Waals surface area contributed by atoms with Crippen molar-refractivity contribution in [2.24, 2.45) is 4.99 Å². The van der Waals surface area contributed by atoms with Crippen LogP contribution in [0.2, 0.25) is 5.02 Å². The van der Waals surface area contributed by atoms with E-state index in [2.05, 4.69) is 4.99 Å². The number of ether oxygens (including phenoxy) is 1. The van der Waals surface area contributed by atoms with E-state index in [4.69, 9.17) is 20.5 Å². The summed E-state index contributed by atoms with van der Waals surface area (Å²) in [4.78, 5) is 16.1. The number of cyclic esters (lactones) is 1. The van der Waals surface area contributed by atoms with Crippen LogP contribution in [0.3, 0.4) is 0 Å². The number of carbonyl (C=O) groups excluding carboxylic acids is 1. The molecule has 0 unspecified atom stereocenters. The summed E-state index contributed by atoms with van der Waals surface area (Å²) in [6.45, 7) is 0. The fourth-order valence-electron chi connectivity index (χ4n) is 2.71. The molecule has 0 saturated heterocycles. The Morgan fingerprint density at radius 3 is 2.39 bits per heavy atom. The molecule has 0 radical (unpaired) electrons. The van der Waals surface area contributed by atoms with Crippen molar-refractivity contribution in [2.45, 2.75) is 4.90 Å². The number of benzene rings is 3. The van der Waals surface area contributed by atoms with E-state index in [1.807, 2.05) is 0 Å². The topological polar surface area (TPSA) is 82.0 Å². The summed E-state index contributed by atoms with van der Waals surface area (Å²) < 4.78 is 47.8. The summed E-state index contributed by atoms with van der Waals surface area (Å²) in [6.07, 6.45) is 1.50. The number of aliphatic imine (C=N–C) groups is 1. The predicted octanol–water partition coefficient (Wildman–Crippen LogP) is 4.59. The highest BCUT2D eigenvalue weighted by Gasteiger charge is 2.24. The first kappa shape index (κ1) is 20.8. The molecule has 0 aromatic heterocycles. The smallest absolute Gasteiger partial charge is 0.363 e. The maximum Gasteiger partial charge on any atom is 0.363 e. The first-order valence-corrected chi connectivity index (χ1v) is 10.7. The molecular weight excluding hydrogens is 445 g/mol. The Hall–Kier alpha value is -3.49. The van der Waals surface area contributed by atoms with E-state index in [0.717, 1.165) is 24.3 Å². The van der Waals surface area contributed by atoms with Gasteiger partial charge in [0.05, 0.1) is 0 Å². The van der Waals surface area contributed by atoms with E-state index in [0.29, 0.717) is 16.1 Å². The van der Waals surface area contributed by atoms with Gasteiger partial charge < -0.3 is 8.92 Å². The van der Waals surface area contributed by atoms with Crippen LogP contribution < -0.4 is 4.18 Å². The second-order valence-corrected chi connectivity index (χ2v) is 8.39. The van der Waals surface area contributed by atoms with Gasteiger partial charge in [0, 0.05) is 10.6 Å². The Labute approximate surface area is 182 Å². The zero-order chi connectivity index (χ0) is 22.0. The molecule has 1 heterocycles. The maximum atomic E-state index is 13.0.